The minimum atomic E-state index is -1.66. The molecule has 4 saturated heterocycles. The van der Waals surface area contributed by atoms with E-state index in [1.54, 1.807) is 0 Å². The number of rotatable bonds is 45. The molecule has 0 saturated carbocycles. The second-order valence-electron chi connectivity index (χ2n) is 24.8. The lowest BCUT2D eigenvalue weighted by molar-refractivity contribution is -0.292. The molecular weight excluding hydrogens is 1320 g/mol. The molecule has 0 aromatic carbocycles. The molecule has 4 aliphatic rings. The van der Waals surface area contributed by atoms with E-state index >= 15 is 0 Å². The summed E-state index contributed by atoms with van der Waals surface area (Å²) < 4.78 is 43.9. The van der Waals surface area contributed by atoms with Crippen LogP contribution in [0.3, 0.4) is 0 Å². The number of aliphatic hydroxyl groups excluding tert-OH is 12. The number of nitrogens with zero attached hydrogens (tertiary/aromatic N) is 2. The van der Waals surface area contributed by atoms with Gasteiger partial charge < -0.3 is 147 Å². The number of hydrogen-bond donors (Lipinski definition) is 21. The van der Waals surface area contributed by atoms with Crippen molar-refractivity contribution in [2.75, 3.05) is 112 Å². The lowest BCUT2D eigenvalue weighted by atomic mass is 10.0. The first-order valence-electron chi connectivity index (χ1n) is 33.6. The van der Waals surface area contributed by atoms with Crippen molar-refractivity contribution in [3.8, 4) is 0 Å². The molecule has 0 aliphatic carbocycles. The third-order valence-electron chi connectivity index (χ3n) is 16.7. The molecule has 4 rings (SSSR count). The second kappa shape index (κ2) is 45.6. The number of nitrogens with one attached hydrogen (secondary N) is 8. The maximum Gasteiger partial charge on any atom is 0.404 e. The van der Waals surface area contributed by atoms with E-state index < -0.39 is 190 Å². The van der Waals surface area contributed by atoms with Crippen molar-refractivity contribution in [3.63, 3.8) is 0 Å². The molecule has 4 aliphatic heterocycles. The average Bonchev–Trinajstić information content (AvgIpc) is 0.853. The molecule has 21 atom stereocenters. The lowest BCUT2D eigenvalue weighted by Crippen LogP contribution is -2.58. The van der Waals surface area contributed by atoms with Gasteiger partial charge in [-0.25, -0.2) is 4.79 Å². The van der Waals surface area contributed by atoms with Crippen molar-refractivity contribution < 1.29 is 143 Å². The SMILES string of the molecule is C[C@@H]1O[C@@H](OCCNC(=O)CCCCCNC(=O)CN(CC(=O)NCCCCCNC(=O)O)CC(=O)NCCCC[C@@H](C(=O)NCCO[C@@H]2O[C@@H](C)[C@@H](O)[C@@H](O)[C@@H]2O)N(CC(=O)NCCO[C@@H]2O[C@@H](C)[C@@H](O)[C@@H](O)[C@@H]2O)CC(=O)NCCO[C@@H]2O[C@@H](C)[C@@H](O)[C@@H](O)[C@@H]2O)[C@@H](O)[C@H](O)[C@@H]1O. The summed E-state index contributed by atoms with van der Waals surface area (Å²) in [6, 6.07) is -1.30. The van der Waals surface area contributed by atoms with Gasteiger partial charge in [0.1, 0.15) is 73.2 Å². The van der Waals surface area contributed by atoms with Crippen LogP contribution in [0.5, 0.6) is 0 Å². The zero-order chi connectivity index (χ0) is 73.3. The Labute approximate surface area is 573 Å². The van der Waals surface area contributed by atoms with Crippen LogP contribution in [0.4, 0.5) is 4.79 Å². The summed E-state index contributed by atoms with van der Waals surface area (Å²) in [6.07, 6.45) is -24.8. The number of carboxylic acid groups (broad SMARTS) is 1. The molecule has 21 N–H and O–H groups in total. The fourth-order valence-electron chi connectivity index (χ4n) is 10.8. The topological polar surface area (TPSA) is 576 Å². The van der Waals surface area contributed by atoms with E-state index in [4.69, 9.17) is 43.0 Å². The predicted octanol–water partition coefficient (Wildman–Crippen LogP) is -9.68. The molecule has 0 spiro atoms. The molecule has 0 radical (unpaired) electrons. The highest BCUT2D eigenvalue weighted by atomic mass is 16.7. The largest absolute Gasteiger partial charge is 0.465 e. The van der Waals surface area contributed by atoms with Crippen molar-refractivity contribution in [3.05, 3.63) is 0 Å². The van der Waals surface area contributed by atoms with Crippen LogP contribution in [-0.2, 0) is 71.5 Å². The monoisotopic (exact) mass is 1430 g/mol. The zero-order valence-electron chi connectivity index (χ0n) is 56.5. The van der Waals surface area contributed by atoms with E-state index in [0.717, 1.165) is 0 Å². The second-order valence-corrected chi connectivity index (χ2v) is 24.8. The Kier molecular flexibility index (Phi) is 39.7. The van der Waals surface area contributed by atoms with Crippen molar-refractivity contribution in [1.29, 1.82) is 0 Å². The van der Waals surface area contributed by atoms with Crippen LogP contribution in [-0.4, -0.2) is 364 Å². The van der Waals surface area contributed by atoms with Gasteiger partial charge in [-0.2, -0.15) is 0 Å². The van der Waals surface area contributed by atoms with Gasteiger partial charge in [0.05, 0.1) is 89.6 Å². The quantitative estimate of drug-likeness (QED) is 0.0252. The number of carbonyl (C=O) groups excluding carboxylic acids is 7. The van der Waals surface area contributed by atoms with E-state index in [1.807, 2.05) is 0 Å². The Hall–Kier alpha value is -5.32. The van der Waals surface area contributed by atoms with Crippen LogP contribution >= 0.6 is 0 Å². The molecule has 4 fully saturated rings. The van der Waals surface area contributed by atoms with E-state index in [-0.39, 0.29) is 123 Å². The van der Waals surface area contributed by atoms with E-state index in [9.17, 15) is 99.6 Å². The summed E-state index contributed by atoms with van der Waals surface area (Å²) in [5.41, 5.74) is 0. The van der Waals surface area contributed by atoms with Crippen LogP contribution < -0.4 is 42.5 Å². The summed E-state index contributed by atoms with van der Waals surface area (Å²) in [6.45, 7) is 2.51. The zero-order valence-corrected chi connectivity index (χ0v) is 56.5. The van der Waals surface area contributed by atoms with Gasteiger partial charge in [-0.1, -0.05) is 6.42 Å². The van der Waals surface area contributed by atoms with Gasteiger partial charge in [0, 0.05) is 58.8 Å². The molecule has 0 aromatic rings. The summed E-state index contributed by atoms with van der Waals surface area (Å²) in [4.78, 5) is 108. The molecule has 8 amide bonds. The van der Waals surface area contributed by atoms with Crippen molar-refractivity contribution in [1.82, 2.24) is 52.3 Å². The Balaban J connectivity index is 1.39. The van der Waals surface area contributed by atoms with Crippen LogP contribution in [0.15, 0.2) is 0 Å². The van der Waals surface area contributed by atoms with Crippen LogP contribution in [0.1, 0.15) is 91.9 Å². The minimum Gasteiger partial charge on any atom is -0.465 e. The third kappa shape index (κ3) is 30.7. The Morgan fingerprint density at radius 2 is 0.616 bits per heavy atom. The van der Waals surface area contributed by atoms with Gasteiger partial charge in [0.25, 0.3) is 0 Å². The van der Waals surface area contributed by atoms with E-state index in [2.05, 4.69) is 42.5 Å². The normalized spacial score (nSPS) is 30.4. The molecule has 39 nitrogen and oxygen atoms in total. The highest BCUT2D eigenvalue weighted by Crippen LogP contribution is 2.25. The summed E-state index contributed by atoms with van der Waals surface area (Å²) in [7, 11) is 0. The molecule has 99 heavy (non-hydrogen) atoms. The first-order valence-corrected chi connectivity index (χ1v) is 33.6. The summed E-state index contributed by atoms with van der Waals surface area (Å²) >= 11 is 0. The van der Waals surface area contributed by atoms with Gasteiger partial charge in [-0.05, 0) is 79.1 Å². The lowest BCUT2D eigenvalue weighted by Gasteiger charge is -2.39. The van der Waals surface area contributed by atoms with Gasteiger partial charge >= 0.3 is 6.09 Å². The minimum absolute atomic E-state index is 0.0164. The van der Waals surface area contributed by atoms with Crippen LogP contribution in [0.2, 0.25) is 0 Å². The maximum absolute atomic E-state index is 14.3. The van der Waals surface area contributed by atoms with Gasteiger partial charge in [-0.15, -0.1) is 0 Å². The van der Waals surface area contributed by atoms with Gasteiger partial charge in [0.15, 0.2) is 25.2 Å². The molecule has 572 valence electrons. The Morgan fingerprint density at radius 3 is 0.960 bits per heavy atom. The Bertz CT molecular complexity index is 2380. The molecule has 0 unspecified atom stereocenters. The number of carbonyl (C=O) groups is 8. The van der Waals surface area contributed by atoms with Crippen molar-refractivity contribution >= 4 is 47.4 Å². The molecule has 4 heterocycles. The fraction of sp³-hybridized carbons (Fsp3) is 0.867. The van der Waals surface area contributed by atoms with E-state index in [0.29, 0.717) is 38.5 Å². The standard InChI is InChI=1S/C60H108N10O29/c1-32-43(77)47(81)51(85)56(96-32)92-23-19-64-37(71)14-7-5-9-15-61-38(72)27-69(28-39(73)62-16-10-6-11-18-68-60(90)91)29-40(74)63-17-12-8-13-36(55(89)67-22-26-95-59-54(88)50(84)46(80)35(4)99-59)70(30-41(75)65-20-24-93-57-52(86)48(82)44(78)33(2)97-57)31-42(76)66-21-25-94-58-53(87)49(83)45(79)34(3)98-58/h32-36,43-54,56-59,68,77-88H,5-31H2,1-4H3,(H,61,72)(H,62,73)(H,63,74)(H,64,71)(H,65,75)(H,66,76)(H,67,89)(H,90,91)/t32-,33-,34-,35-,36-,43+,44+,45+,46+,47+,48+,49+,50+,51-,52-,53-,54-,56+,57+,58+,59+/m0/s1. The van der Waals surface area contributed by atoms with Crippen LogP contribution in [0.25, 0.3) is 0 Å². The van der Waals surface area contributed by atoms with Crippen LogP contribution in [0, 0.1) is 0 Å². The summed E-state index contributed by atoms with van der Waals surface area (Å²) in [5, 5.41) is 152. The van der Waals surface area contributed by atoms with Crippen molar-refractivity contribution in [2.24, 2.45) is 0 Å². The maximum atomic E-state index is 14.3. The highest BCUT2D eigenvalue weighted by Gasteiger charge is 2.46. The first kappa shape index (κ1) is 86.1. The van der Waals surface area contributed by atoms with Gasteiger partial charge in [0.2, 0.25) is 41.4 Å². The van der Waals surface area contributed by atoms with Gasteiger partial charge in [-0.3, -0.25) is 43.4 Å². The molecule has 0 aromatic heterocycles. The molecule has 0 bridgehead atoms. The first-order chi connectivity index (χ1) is 47.0. The predicted molar refractivity (Wildman–Crippen MR) is 338 cm³/mol. The molecular formula is C60H108N10O29. The average molecular weight is 1430 g/mol. The number of unbranched alkanes of at least 4 members (excludes halogenated alkanes) is 5. The number of hydrogen-bond acceptors (Lipinski definition) is 30. The smallest absolute Gasteiger partial charge is 0.404 e. The number of aliphatic hydroxyl groups is 12. The molecule has 39 heteroatoms. The van der Waals surface area contributed by atoms with E-state index in [1.165, 1.54) is 37.5 Å². The third-order valence-corrected chi connectivity index (χ3v) is 16.7. The number of amides is 8. The highest BCUT2D eigenvalue weighted by molar-refractivity contribution is 5.86. The summed E-state index contributed by atoms with van der Waals surface area (Å²) in [5.74, 6) is -4.11. The number of ether oxygens (including phenoxy) is 8. The fourth-order valence-corrected chi connectivity index (χ4v) is 10.8. The Morgan fingerprint density at radius 1 is 0.333 bits per heavy atom. The van der Waals surface area contributed by atoms with Crippen molar-refractivity contribution in [2.45, 2.75) is 221 Å².